The minimum absolute atomic E-state index is 0.0105. The number of carbonyl (C=O) groups is 1. The van der Waals surface area contributed by atoms with Crippen molar-refractivity contribution < 1.29 is 14.6 Å². The Morgan fingerprint density at radius 2 is 1.75 bits per heavy atom. The van der Waals surface area contributed by atoms with Crippen LogP contribution in [0.1, 0.15) is 36.5 Å². The van der Waals surface area contributed by atoms with Crippen molar-refractivity contribution in [3.8, 4) is 5.75 Å². The maximum absolute atomic E-state index is 11.6. The van der Waals surface area contributed by atoms with Gasteiger partial charge in [-0.25, -0.2) is 0 Å². The van der Waals surface area contributed by atoms with Gasteiger partial charge >= 0.3 is 5.97 Å². The lowest BCUT2D eigenvalue weighted by molar-refractivity contribution is -0.135. The second-order valence-electron chi connectivity index (χ2n) is 6.89. The Morgan fingerprint density at radius 3 is 2.50 bits per heavy atom. The van der Waals surface area contributed by atoms with Crippen molar-refractivity contribution >= 4 is 34.0 Å². The molecule has 0 saturated carbocycles. The van der Waals surface area contributed by atoms with Crippen LogP contribution < -0.4 is 4.74 Å². The largest absolute Gasteiger partial charge is 0.496 e. The number of rotatable bonds is 5. The second-order valence-corrected chi connectivity index (χ2v) is 6.89. The van der Waals surface area contributed by atoms with Gasteiger partial charge in [0.1, 0.15) is 5.75 Å². The molecule has 1 aliphatic carbocycles. The highest BCUT2D eigenvalue weighted by Crippen LogP contribution is 2.48. The molecular formula is C25H22O3. The smallest absolute Gasteiger partial charge is 0.307 e. The summed E-state index contributed by atoms with van der Waals surface area (Å²) in [5.41, 5.74) is 6.10. The average Bonchev–Trinajstić information content (AvgIpc) is 3.00. The van der Waals surface area contributed by atoms with E-state index in [0.717, 1.165) is 45.6 Å². The lowest BCUT2D eigenvalue weighted by Gasteiger charge is -2.10. The van der Waals surface area contributed by atoms with Crippen LogP contribution >= 0.6 is 0 Å². The van der Waals surface area contributed by atoms with Crippen LogP contribution in [0.2, 0.25) is 0 Å². The van der Waals surface area contributed by atoms with E-state index in [9.17, 15) is 9.90 Å². The second kappa shape index (κ2) is 7.35. The predicted molar refractivity (Wildman–Crippen MR) is 114 cm³/mol. The molecule has 0 atom stereocenters. The number of carboxylic acid groups (broad SMARTS) is 1. The highest BCUT2D eigenvalue weighted by atomic mass is 16.5. The number of fused-ring (bicyclic) bond motifs is 2. The summed E-state index contributed by atoms with van der Waals surface area (Å²) < 4.78 is 5.58. The zero-order valence-corrected chi connectivity index (χ0v) is 16.0. The van der Waals surface area contributed by atoms with E-state index in [1.807, 2.05) is 24.3 Å². The summed E-state index contributed by atoms with van der Waals surface area (Å²) in [5.74, 6) is -0.106. The first-order valence-electron chi connectivity index (χ1n) is 9.45. The Hall–Kier alpha value is -3.33. The monoisotopic (exact) mass is 370 g/mol. The van der Waals surface area contributed by atoms with Crippen molar-refractivity contribution in [2.75, 3.05) is 7.11 Å². The molecule has 0 unspecified atom stereocenters. The maximum atomic E-state index is 11.6. The van der Waals surface area contributed by atoms with Gasteiger partial charge in [-0.15, -0.1) is 0 Å². The van der Waals surface area contributed by atoms with Crippen LogP contribution in [0.15, 0.2) is 66.2 Å². The van der Waals surface area contributed by atoms with Gasteiger partial charge in [-0.2, -0.15) is 0 Å². The molecule has 3 aromatic rings. The molecule has 0 fully saturated rings. The molecule has 3 aromatic carbocycles. The normalized spacial score (nSPS) is 14.6. The van der Waals surface area contributed by atoms with E-state index in [0.29, 0.717) is 0 Å². The first kappa shape index (κ1) is 18.1. The molecule has 0 saturated heterocycles. The molecule has 0 amide bonds. The molecule has 0 aliphatic heterocycles. The van der Waals surface area contributed by atoms with Crippen LogP contribution in [0, 0.1) is 0 Å². The third kappa shape index (κ3) is 2.99. The fraction of sp³-hybridized carbons (Fsp3) is 0.160. The van der Waals surface area contributed by atoms with Gasteiger partial charge in [0.2, 0.25) is 0 Å². The highest BCUT2D eigenvalue weighted by molar-refractivity contribution is 6.10. The number of methoxy groups -OCH3 is 1. The summed E-state index contributed by atoms with van der Waals surface area (Å²) in [6.07, 6.45) is 2.94. The molecule has 3 heteroatoms. The SMILES string of the molecule is CCC1=C(CC(=O)O)c2c(OC)cccc2C1=Cc1cccc2ccccc12. The molecule has 4 rings (SSSR count). The minimum atomic E-state index is -0.829. The number of hydrogen-bond donors (Lipinski definition) is 1. The molecule has 0 aromatic heterocycles. The van der Waals surface area contributed by atoms with E-state index in [-0.39, 0.29) is 6.42 Å². The molecule has 0 bridgehead atoms. The van der Waals surface area contributed by atoms with Gasteiger partial charge in [0, 0.05) is 5.56 Å². The van der Waals surface area contributed by atoms with E-state index in [1.165, 1.54) is 10.8 Å². The quantitative estimate of drug-likeness (QED) is 0.595. The predicted octanol–water partition coefficient (Wildman–Crippen LogP) is 6.04. The first-order valence-corrected chi connectivity index (χ1v) is 9.45. The molecule has 3 nitrogen and oxygen atoms in total. The maximum Gasteiger partial charge on any atom is 0.307 e. The van der Waals surface area contributed by atoms with E-state index < -0.39 is 5.97 Å². The van der Waals surface area contributed by atoms with Crippen LogP contribution in [0.5, 0.6) is 5.75 Å². The van der Waals surface area contributed by atoms with Crippen molar-refractivity contribution in [3.05, 3.63) is 82.9 Å². The van der Waals surface area contributed by atoms with Crippen molar-refractivity contribution in [1.29, 1.82) is 0 Å². The van der Waals surface area contributed by atoms with Crippen molar-refractivity contribution in [3.63, 3.8) is 0 Å². The molecule has 140 valence electrons. The third-order valence-corrected chi connectivity index (χ3v) is 5.33. The number of benzene rings is 3. The summed E-state index contributed by atoms with van der Waals surface area (Å²) in [5, 5.41) is 11.9. The first-order chi connectivity index (χ1) is 13.6. The summed E-state index contributed by atoms with van der Waals surface area (Å²) in [6, 6.07) is 20.5. The molecule has 1 N–H and O–H groups in total. The minimum Gasteiger partial charge on any atom is -0.496 e. The Balaban J connectivity index is 1.99. The number of allylic oxidation sites excluding steroid dienone is 2. The zero-order valence-electron chi connectivity index (χ0n) is 16.0. The van der Waals surface area contributed by atoms with Crippen molar-refractivity contribution in [2.24, 2.45) is 0 Å². The van der Waals surface area contributed by atoms with E-state index in [1.54, 1.807) is 7.11 Å². The lowest BCUT2D eigenvalue weighted by atomic mass is 9.96. The van der Waals surface area contributed by atoms with Crippen LogP contribution in [-0.2, 0) is 4.79 Å². The van der Waals surface area contributed by atoms with Gasteiger partial charge < -0.3 is 9.84 Å². The average molecular weight is 370 g/mol. The van der Waals surface area contributed by atoms with Gasteiger partial charge in [-0.3, -0.25) is 4.79 Å². The van der Waals surface area contributed by atoms with Gasteiger partial charge in [-0.05, 0) is 57.2 Å². The van der Waals surface area contributed by atoms with E-state index >= 15 is 0 Å². The lowest BCUT2D eigenvalue weighted by Crippen LogP contribution is -1.99. The summed E-state index contributed by atoms with van der Waals surface area (Å²) in [7, 11) is 1.63. The molecule has 0 radical (unpaired) electrons. The molecule has 28 heavy (non-hydrogen) atoms. The van der Waals surface area contributed by atoms with Crippen LogP contribution in [0.4, 0.5) is 0 Å². The van der Waals surface area contributed by atoms with Crippen LogP contribution in [0.3, 0.4) is 0 Å². The molecule has 0 spiro atoms. The fourth-order valence-electron chi connectivity index (χ4n) is 4.16. The Kier molecular flexibility index (Phi) is 4.74. The van der Waals surface area contributed by atoms with E-state index in [4.69, 9.17) is 4.74 Å². The van der Waals surface area contributed by atoms with E-state index in [2.05, 4.69) is 49.4 Å². The topological polar surface area (TPSA) is 46.5 Å². The standard InChI is InChI=1S/C25H22O3/c1-3-18-21(14-17-10-6-9-16-8-4-5-11-19(16)17)20-12-7-13-23(28-2)25(20)22(18)15-24(26)27/h4-14H,3,15H2,1-2H3,(H,26,27). The van der Waals surface area contributed by atoms with Gasteiger partial charge in [0.25, 0.3) is 0 Å². The Labute approximate surface area is 164 Å². The molecule has 1 aliphatic rings. The number of carboxylic acids is 1. The number of hydrogen-bond acceptors (Lipinski definition) is 2. The fourth-order valence-corrected chi connectivity index (χ4v) is 4.16. The third-order valence-electron chi connectivity index (χ3n) is 5.33. The summed E-state index contributed by atoms with van der Waals surface area (Å²) in [6.45, 7) is 2.08. The number of aliphatic carboxylic acids is 1. The van der Waals surface area contributed by atoms with Crippen LogP contribution in [-0.4, -0.2) is 18.2 Å². The van der Waals surface area contributed by atoms with Crippen molar-refractivity contribution in [2.45, 2.75) is 19.8 Å². The van der Waals surface area contributed by atoms with Crippen molar-refractivity contribution in [1.82, 2.24) is 0 Å². The van der Waals surface area contributed by atoms with Gasteiger partial charge in [0.05, 0.1) is 13.5 Å². The molecular weight excluding hydrogens is 348 g/mol. The Morgan fingerprint density at radius 1 is 1.00 bits per heavy atom. The van der Waals surface area contributed by atoms with Gasteiger partial charge in [-0.1, -0.05) is 61.5 Å². The highest BCUT2D eigenvalue weighted by Gasteiger charge is 2.29. The van der Waals surface area contributed by atoms with Crippen LogP contribution in [0.25, 0.3) is 28.0 Å². The molecule has 0 heterocycles. The Bertz CT molecular complexity index is 1130. The summed E-state index contributed by atoms with van der Waals surface area (Å²) >= 11 is 0. The zero-order chi connectivity index (χ0) is 19.7. The summed E-state index contributed by atoms with van der Waals surface area (Å²) in [4.78, 5) is 11.6. The number of ether oxygens (including phenoxy) is 1. The van der Waals surface area contributed by atoms with Gasteiger partial charge in [0.15, 0.2) is 0 Å².